The van der Waals surface area contributed by atoms with Crippen molar-refractivity contribution in [1.82, 2.24) is 15.5 Å². The summed E-state index contributed by atoms with van der Waals surface area (Å²) in [7, 11) is 0. The van der Waals surface area contributed by atoms with Crippen molar-refractivity contribution in [2.45, 2.75) is 26.3 Å². The molecule has 0 rings (SSSR count). The summed E-state index contributed by atoms with van der Waals surface area (Å²) in [5, 5.41) is 13.3. The zero-order valence-electron chi connectivity index (χ0n) is 11.3. The fraction of sp³-hybridized carbons (Fsp3) is 0.583. The standard InChI is InChI=1S/C12H21N3O4/c1-4-6-13-12(19)14-10(16)7-15(8-11(17)18)9(3)5-2/h4,9H,1,5-8H2,2-3H3,(H,17,18)(H2,13,14,16,19). The van der Waals surface area contributed by atoms with Crippen LogP contribution in [0.3, 0.4) is 0 Å². The Hall–Kier alpha value is -1.89. The monoisotopic (exact) mass is 271 g/mol. The number of hydrogen-bond donors (Lipinski definition) is 3. The van der Waals surface area contributed by atoms with Crippen molar-refractivity contribution in [3.8, 4) is 0 Å². The molecule has 7 heteroatoms. The first-order valence-electron chi connectivity index (χ1n) is 6.05. The normalized spacial score (nSPS) is 11.7. The minimum absolute atomic E-state index is 0.0573. The molecule has 19 heavy (non-hydrogen) atoms. The van der Waals surface area contributed by atoms with Crippen molar-refractivity contribution >= 4 is 17.9 Å². The van der Waals surface area contributed by atoms with E-state index < -0.39 is 17.9 Å². The van der Waals surface area contributed by atoms with Crippen molar-refractivity contribution in [3.63, 3.8) is 0 Å². The Labute approximate surface area is 112 Å². The first-order valence-corrected chi connectivity index (χ1v) is 6.05. The quantitative estimate of drug-likeness (QED) is 0.547. The zero-order chi connectivity index (χ0) is 14.8. The summed E-state index contributed by atoms with van der Waals surface area (Å²) in [4.78, 5) is 35.0. The van der Waals surface area contributed by atoms with Crippen LogP contribution in [-0.2, 0) is 9.59 Å². The molecule has 0 heterocycles. The fourth-order valence-electron chi connectivity index (χ4n) is 1.36. The summed E-state index contributed by atoms with van der Waals surface area (Å²) >= 11 is 0. The van der Waals surface area contributed by atoms with Crippen molar-refractivity contribution in [2.75, 3.05) is 19.6 Å². The van der Waals surface area contributed by atoms with Gasteiger partial charge in [0.2, 0.25) is 5.91 Å². The number of nitrogens with one attached hydrogen (secondary N) is 2. The molecule has 3 N–H and O–H groups in total. The van der Waals surface area contributed by atoms with Gasteiger partial charge < -0.3 is 10.4 Å². The van der Waals surface area contributed by atoms with Crippen LogP contribution in [0.1, 0.15) is 20.3 Å². The van der Waals surface area contributed by atoms with E-state index in [9.17, 15) is 14.4 Å². The SMILES string of the molecule is C=CCNC(=O)NC(=O)CN(CC(=O)O)C(C)CC. The Morgan fingerprint density at radius 2 is 2.00 bits per heavy atom. The fourth-order valence-corrected chi connectivity index (χ4v) is 1.36. The largest absolute Gasteiger partial charge is 0.480 e. The van der Waals surface area contributed by atoms with Gasteiger partial charge in [-0.1, -0.05) is 13.0 Å². The maximum atomic E-state index is 11.6. The van der Waals surface area contributed by atoms with Gasteiger partial charge >= 0.3 is 12.0 Å². The summed E-state index contributed by atoms with van der Waals surface area (Å²) < 4.78 is 0. The van der Waals surface area contributed by atoms with Gasteiger partial charge in [-0.25, -0.2) is 4.79 Å². The van der Waals surface area contributed by atoms with E-state index in [2.05, 4.69) is 17.2 Å². The molecule has 1 unspecified atom stereocenters. The lowest BCUT2D eigenvalue weighted by atomic mass is 10.2. The zero-order valence-corrected chi connectivity index (χ0v) is 11.3. The lowest BCUT2D eigenvalue weighted by Gasteiger charge is -2.25. The maximum absolute atomic E-state index is 11.6. The van der Waals surface area contributed by atoms with Crippen molar-refractivity contribution < 1.29 is 19.5 Å². The summed E-state index contributed by atoms with van der Waals surface area (Å²) in [5.74, 6) is -1.55. The predicted octanol–water partition coefficient (Wildman–Crippen LogP) is 0.183. The Morgan fingerprint density at radius 1 is 1.37 bits per heavy atom. The number of urea groups is 1. The molecular weight excluding hydrogens is 250 g/mol. The Kier molecular flexibility index (Phi) is 8.19. The summed E-state index contributed by atoms with van der Waals surface area (Å²) in [6, 6.07) is -0.678. The smallest absolute Gasteiger partial charge is 0.321 e. The molecule has 3 amide bonds. The van der Waals surface area contributed by atoms with Crippen molar-refractivity contribution in [3.05, 3.63) is 12.7 Å². The average Bonchev–Trinajstić information content (AvgIpc) is 2.33. The molecule has 7 nitrogen and oxygen atoms in total. The first-order chi connectivity index (χ1) is 8.90. The van der Waals surface area contributed by atoms with Crippen LogP contribution in [0.25, 0.3) is 0 Å². The number of amides is 3. The van der Waals surface area contributed by atoms with E-state index in [1.54, 1.807) is 0 Å². The summed E-state index contributed by atoms with van der Waals surface area (Å²) in [6.07, 6.45) is 2.20. The molecule has 0 aromatic rings. The van der Waals surface area contributed by atoms with Crippen LogP contribution in [0.4, 0.5) is 4.79 Å². The molecular formula is C12H21N3O4. The number of aliphatic carboxylic acids is 1. The molecule has 0 aromatic heterocycles. The number of hydrogen-bond acceptors (Lipinski definition) is 4. The van der Waals surface area contributed by atoms with Gasteiger partial charge in [0.25, 0.3) is 0 Å². The van der Waals surface area contributed by atoms with Gasteiger partial charge in [0.05, 0.1) is 13.1 Å². The van der Waals surface area contributed by atoms with Crippen molar-refractivity contribution in [2.24, 2.45) is 0 Å². The van der Waals surface area contributed by atoms with E-state index in [0.29, 0.717) is 6.42 Å². The molecule has 108 valence electrons. The molecule has 0 saturated carbocycles. The minimum atomic E-state index is -1.01. The minimum Gasteiger partial charge on any atom is -0.480 e. The molecule has 0 spiro atoms. The molecule has 0 bridgehead atoms. The summed E-state index contributed by atoms with van der Waals surface area (Å²) in [5.41, 5.74) is 0. The van der Waals surface area contributed by atoms with Gasteiger partial charge in [0, 0.05) is 12.6 Å². The lowest BCUT2D eigenvalue weighted by molar-refractivity contribution is -0.139. The number of rotatable bonds is 8. The topological polar surface area (TPSA) is 98.7 Å². The number of carboxylic acids is 1. The Balaban J connectivity index is 4.33. The average molecular weight is 271 g/mol. The van der Waals surface area contributed by atoms with Crippen LogP contribution >= 0.6 is 0 Å². The molecule has 1 atom stereocenters. The Morgan fingerprint density at radius 3 is 2.47 bits per heavy atom. The van der Waals surface area contributed by atoms with Gasteiger partial charge in [-0.3, -0.25) is 19.8 Å². The molecule has 0 fully saturated rings. The molecule has 0 aliphatic rings. The second-order valence-corrected chi connectivity index (χ2v) is 4.10. The third-order valence-corrected chi connectivity index (χ3v) is 2.56. The van der Waals surface area contributed by atoms with Gasteiger partial charge in [0.1, 0.15) is 0 Å². The van der Waals surface area contributed by atoms with Crippen LogP contribution in [0.5, 0.6) is 0 Å². The number of nitrogens with zero attached hydrogens (tertiary/aromatic N) is 1. The summed E-state index contributed by atoms with van der Waals surface area (Å²) in [6.45, 7) is 7.03. The maximum Gasteiger partial charge on any atom is 0.321 e. The van der Waals surface area contributed by atoms with Crippen LogP contribution < -0.4 is 10.6 Å². The molecule has 0 aromatic carbocycles. The highest BCUT2D eigenvalue weighted by Crippen LogP contribution is 2.02. The van der Waals surface area contributed by atoms with Gasteiger partial charge in [-0.05, 0) is 13.3 Å². The first kappa shape index (κ1) is 17.1. The van der Waals surface area contributed by atoms with E-state index in [4.69, 9.17) is 5.11 Å². The van der Waals surface area contributed by atoms with Gasteiger partial charge in [-0.15, -0.1) is 6.58 Å². The van der Waals surface area contributed by atoms with E-state index in [1.165, 1.54) is 11.0 Å². The van der Waals surface area contributed by atoms with Gasteiger partial charge in [0.15, 0.2) is 0 Å². The third-order valence-electron chi connectivity index (χ3n) is 2.56. The number of imide groups is 1. The third kappa shape index (κ3) is 7.93. The highest BCUT2D eigenvalue weighted by atomic mass is 16.4. The molecule has 0 aliphatic carbocycles. The molecule has 0 saturated heterocycles. The highest BCUT2D eigenvalue weighted by Gasteiger charge is 2.19. The highest BCUT2D eigenvalue weighted by molar-refractivity contribution is 5.95. The van der Waals surface area contributed by atoms with Crippen LogP contribution in [-0.4, -0.2) is 53.6 Å². The predicted molar refractivity (Wildman–Crippen MR) is 70.7 cm³/mol. The number of carbonyl (C=O) groups is 3. The number of carbonyl (C=O) groups excluding carboxylic acids is 2. The number of carboxylic acid groups (broad SMARTS) is 1. The van der Waals surface area contributed by atoms with E-state index >= 15 is 0 Å². The van der Waals surface area contributed by atoms with Crippen LogP contribution in [0.15, 0.2) is 12.7 Å². The molecule has 0 aliphatic heterocycles. The van der Waals surface area contributed by atoms with E-state index in [0.717, 1.165) is 0 Å². The van der Waals surface area contributed by atoms with E-state index in [1.807, 2.05) is 13.8 Å². The van der Waals surface area contributed by atoms with Crippen molar-refractivity contribution in [1.29, 1.82) is 0 Å². The second kappa shape index (κ2) is 9.09. The molecule has 0 radical (unpaired) electrons. The van der Waals surface area contributed by atoms with Crippen LogP contribution in [0.2, 0.25) is 0 Å². The van der Waals surface area contributed by atoms with E-state index in [-0.39, 0.29) is 25.7 Å². The second-order valence-electron chi connectivity index (χ2n) is 4.10. The van der Waals surface area contributed by atoms with Gasteiger partial charge in [-0.2, -0.15) is 0 Å². The Bertz CT molecular complexity index is 344. The lowest BCUT2D eigenvalue weighted by Crippen LogP contribution is -2.47. The van der Waals surface area contributed by atoms with Crippen LogP contribution in [0, 0.1) is 0 Å².